The molecule has 0 unspecified atom stereocenters. The molecule has 0 atom stereocenters. The second-order valence-corrected chi connectivity index (χ2v) is 14.3. The van der Waals surface area contributed by atoms with Gasteiger partial charge >= 0.3 is 0 Å². The number of hydrogen-bond acceptors (Lipinski definition) is 2. The second-order valence-electron chi connectivity index (χ2n) is 14.3. The van der Waals surface area contributed by atoms with E-state index in [1.165, 1.54) is 76.5 Å². The van der Waals surface area contributed by atoms with E-state index >= 15 is 0 Å². The van der Waals surface area contributed by atoms with Gasteiger partial charge in [0.25, 0.3) is 0 Å². The van der Waals surface area contributed by atoms with Crippen LogP contribution in [0, 0.1) is 41.5 Å². The highest BCUT2D eigenvalue weighted by molar-refractivity contribution is 6.08. The molecule has 2 aromatic heterocycles. The van der Waals surface area contributed by atoms with Crippen LogP contribution in [0.5, 0.6) is 0 Å². The Labute approximate surface area is 428 Å². The van der Waals surface area contributed by atoms with Gasteiger partial charge in [0.1, 0.15) is 0 Å². The van der Waals surface area contributed by atoms with Gasteiger partial charge in [-0.15, -0.1) is 0 Å². The van der Waals surface area contributed by atoms with Gasteiger partial charge in [0.2, 0.25) is 0 Å². The van der Waals surface area contributed by atoms with Crippen molar-refractivity contribution in [1.29, 1.82) is 0 Å². The van der Waals surface area contributed by atoms with Crippen LogP contribution in [0.2, 0.25) is 0 Å². The van der Waals surface area contributed by atoms with Gasteiger partial charge in [-0.2, -0.15) is 0 Å². The zero-order chi connectivity index (χ0) is 53.0. The Morgan fingerprint density at radius 2 is 0.671 bits per heavy atom. The van der Waals surface area contributed by atoms with Crippen molar-refractivity contribution in [3.63, 3.8) is 0 Å². The van der Waals surface area contributed by atoms with Crippen LogP contribution in [-0.4, -0.2) is 9.97 Å². The van der Waals surface area contributed by atoms with Gasteiger partial charge < -0.3 is 0 Å². The van der Waals surface area contributed by atoms with Crippen LogP contribution in [0.3, 0.4) is 0 Å². The SMILES string of the molecule is CC.CC.CC.CC.CC.CC.Cc1cc2ccccc2c2ccccc12.Cc1ccc2ccccc2c1.Cc1cccc2ccccc12.Cc1ccccc1.Cc1cccnc1.Cc1ccncc1. The molecule has 0 saturated heterocycles. The van der Waals surface area contributed by atoms with Crippen LogP contribution in [-0.2, 0) is 0 Å². The molecule has 0 fully saturated rings. The molecule has 8 aromatic carbocycles. The van der Waals surface area contributed by atoms with Crippen LogP contribution in [0.25, 0.3) is 43.1 Å². The molecule has 0 spiro atoms. The number of aryl methyl sites for hydroxylation is 6. The van der Waals surface area contributed by atoms with Crippen LogP contribution >= 0.6 is 0 Å². The highest BCUT2D eigenvalue weighted by Gasteiger charge is 2.01. The lowest BCUT2D eigenvalue weighted by Gasteiger charge is -2.06. The smallest absolute Gasteiger partial charge is 0.0297 e. The van der Waals surface area contributed by atoms with E-state index in [4.69, 9.17) is 0 Å². The van der Waals surface area contributed by atoms with E-state index in [2.05, 4.69) is 189 Å². The van der Waals surface area contributed by atoms with E-state index in [0.717, 1.165) is 0 Å². The van der Waals surface area contributed by atoms with Crippen LogP contribution < -0.4 is 0 Å². The van der Waals surface area contributed by atoms with Gasteiger partial charge in [-0.05, 0) is 125 Å². The summed E-state index contributed by atoms with van der Waals surface area (Å²) in [6.45, 7) is 36.6. The Morgan fingerprint density at radius 1 is 0.229 bits per heavy atom. The number of rotatable bonds is 0. The predicted molar refractivity (Wildman–Crippen MR) is 321 cm³/mol. The monoisotopic (exact) mass is 935 g/mol. The Balaban J connectivity index is 0. The molecule has 0 N–H and O–H groups in total. The molecular weight excluding hydrogens is 845 g/mol. The topological polar surface area (TPSA) is 25.8 Å². The molecule has 2 heteroatoms. The summed E-state index contributed by atoms with van der Waals surface area (Å²) < 4.78 is 0. The molecule has 0 aliphatic carbocycles. The van der Waals surface area contributed by atoms with Gasteiger partial charge in [-0.3, -0.25) is 9.97 Å². The van der Waals surface area contributed by atoms with Crippen molar-refractivity contribution in [3.05, 3.63) is 252 Å². The summed E-state index contributed by atoms with van der Waals surface area (Å²) in [5, 5.41) is 10.7. The third kappa shape index (κ3) is 26.0. The molecule has 2 heterocycles. The fraction of sp³-hybridized carbons (Fsp3) is 0.265. The molecule has 0 bridgehead atoms. The first-order chi connectivity index (χ1) is 34.3. The first-order valence-corrected chi connectivity index (χ1v) is 25.8. The predicted octanol–water partition coefficient (Wildman–Crippen LogP) is 21.5. The van der Waals surface area contributed by atoms with Gasteiger partial charge in [-0.25, -0.2) is 0 Å². The van der Waals surface area contributed by atoms with Crippen LogP contribution in [0.4, 0.5) is 0 Å². The summed E-state index contributed by atoms with van der Waals surface area (Å²) in [5.74, 6) is 0. The number of benzene rings is 8. The average molecular weight is 935 g/mol. The minimum absolute atomic E-state index is 1.21. The van der Waals surface area contributed by atoms with Gasteiger partial charge in [0.05, 0.1) is 0 Å². The highest BCUT2D eigenvalue weighted by atomic mass is 14.6. The second kappa shape index (κ2) is 43.4. The fourth-order valence-electron chi connectivity index (χ4n) is 6.35. The third-order valence-electron chi connectivity index (χ3n) is 9.48. The van der Waals surface area contributed by atoms with E-state index in [1.54, 1.807) is 18.6 Å². The Hall–Kier alpha value is -6.90. The Bertz CT molecular complexity index is 2620. The zero-order valence-corrected chi connectivity index (χ0v) is 46.7. The Kier molecular flexibility index (Phi) is 40.4. The summed E-state index contributed by atoms with van der Waals surface area (Å²) >= 11 is 0. The van der Waals surface area contributed by atoms with Crippen molar-refractivity contribution in [1.82, 2.24) is 9.97 Å². The molecule has 10 rings (SSSR count). The van der Waals surface area contributed by atoms with Crippen LogP contribution in [0.15, 0.2) is 219 Å². The van der Waals surface area contributed by atoms with E-state index in [1.807, 2.05) is 146 Å². The summed E-state index contributed by atoms with van der Waals surface area (Å²) in [5.41, 5.74) is 7.82. The molecule has 372 valence electrons. The lowest BCUT2D eigenvalue weighted by molar-refractivity contribution is 1.27. The van der Waals surface area contributed by atoms with Crippen molar-refractivity contribution >= 4 is 43.1 Å². The Morgan fingerprint density at radius 3 is 1.14 bits per heavy atom. The van der Waals surface area contributed by atoms with Crippen LogP contribution in [0.1, 0.15) is 116 Å². The van der Waals surface area contributed by atoms with Crippen molar-refractivity contribution in [2.24, 2.45) is 0 Å². The summed E-state index contributed by atoms with van der Waals surface area (Å²) in [7, 11) is 0. The molecule has 10 aromatic rings. The molecule has 0 amide bonds. The third-order valence-corrected chi connectivity index (χ3v) is 9.48. The van der Waals surface area contributed by atoms with E-state index in [0.29, 0.717) is 0 Å². The largest absolute Gasteiger partial charge is 0.265 e. The number of aromatic nitrogens is 2. The molecular formula is C68H90N2. The fourth-order valence-corrected chi connectivity index (χ4v) is 6.35. The molecule has 0 radical (unpaired) electrons. The summed E-state index contributed by atoms with van der Waals surface area (Å²) in [4.78, 5) is 7.73. The number of nitrogens with zero attached hydrogens (tertiary/aromatic N) is 2. The first-order valence-electron chi connectivity index (χ1n) is 25.8. The van der Waals surface area contributed by atoms with Crippen molar-refractivity contribution in [3.8, 4) is 0 Å². The van der Waals surface area contributed by atoms with Gasteiger partial charge in [-0.1, -0.05) is 270 Å². The lowest BCUT2D eigenvalue weighted by atomic mass is 9.98. The molecule has 70 heavy (non-hydrogen) atoms. The lowest BCUT2D eigenvalue weighted by Crippen LogP contribution is -1.81. The quantitative estimate of drug-likeness (QED) is 0.142. The standard InChI is InChI=1S/C15H12.2C11H10.C7H8.2C6H7N.6C2H6/c1-11-10-12-6-2-3-8-14(12)15-9-5-4-7-13(11)15;1-9-5-4-7-10-6-2-3-8-11(9)10;1-9-6-7-10-4-2-3-5-11(10)8-9;1-7-5-3-2-4-6-7;1-6-2-4-7-5-3-6;1-6-3-2-4-7-5-6;6*1-2/h2-10H,1H3;2*2-8H,1H3;2-6H,1H3;2*2-5H,1H3;6*1-2H3. The molecule has 0 saturated carbocycles. The first kappa shape index (κ1) is 65.2. The highest BCUT2D eigenvalue weighted by Crippen LogP contribution is 2.28. The van der Waals surface area contributed by atoms with Crippen molar-refractivity contribution < 1.29 is 0 Å². The van der Waals surface area contributed by atoms with E-state index in [9.17, 15) is 0 Å². The molecule has 0 aliphatic heterocycles. The minimum atomic E-state index is 1.21. The summed E-state index contributed by atoms with van der Waals surface area (Å²) in [6.07, 6.45) is 7.18. The van der Waals surface area contributed by atoms with Crippen molar-refractivity contribution in [2.45, 2.75) is 125 Å². The average Bonchev–Trinajstić information content (AvgIpc) is 3.44. The molecule has 0 aliphatic rings. The normalized spacial score (nSPS) is 8.71. The summed E-state index contributed by atoms with van der Waals surface area (Å²) in [6, 6.07) is 67.3. The van der Waals surface area contributed by atoms with Gasteiger partial charge in [0.15, 0.2) is 0 Å². The van der Waals surface area contributed by atoms with Crippen molar-refractivity contribution in [2.75, 3.05) is 0 Å². The van der Waals surface area contributed by atoms with E-state index < -0.39 is 0 Å². The number of fused-ring (bicyclic) bond motifs is 5. The number of pyridine rings is 2. The maximum Gasteiger partial charge on any atom is 0.0297 e. The number of hydrogen-bond donors (Lipinski definition) is 0. The van der Waals surface area contributed by atoms with Gasteiger partial charge in [0, 0.05) is 24.8 Å². The minimum Gasteiger partial charge on any atom is -0.265 e. The maximum atomic E-state index is 3.88. The zero-order valence-electron chi connectivity index (χ0n) is 46.7. The van der Waals surface area contributed by atoms with E-state index in [-0.39, 0.29) is 0 Å². The molecule has 2 nitrogen and oxygen atoms in total. The maximum absolute atomic E-state index is 3.88.